The highest BCUT2D eigenvalue weighted by Gasteiger charge is 2.24. The molecule has 2 amide bonds. The number of nitrogens with one attached hydrogen (secondary N) is 2. The molecule has 0 atom stereocenters. The van der Waals surface area contributed by atoms with Gasteiger partial charge >= 0.3 is 15.6 Å². The van der Waals surface area contributed by atoms with Gasteiger partial charge in [-0.3, -0.25) is 29.2 Å². The Hall–Kier alpha value is -3.22. The van der Waals surface area contributed by atoms with Crippen molar-refractivity contribution >= 4 is 49.1 Å². The predicted octanol–water partition coefficient (Wildman–Crippen LogP) is 3.34. The number of ether oxygens (including phenoxy) is 1. The SMILES string of the molecule is O=C(COc1ccc(C(=O)Nc2cccc(Br)c2)cc1)NCc1ccc(OP(=O)(O)O)c(OP(=O)(O)O)c1. The quantitative estimate of drug-likeness (QED) is 0.170. The number of carbonyl (C=O) groups excluding carboxylic acids is 2. The van der Waals surface area contributed by atoms with Gasteiger partial charge in [-0.2, -0.15) is 0 Å². The molecule has 0 aliphatic rings. The van der Waals surface area contributed by atoms with Crippen LogP contribution in [0.4, 0.5) is 5.69 Å². The van der Waals surface area contributed by atoms with E-state index in [0.717, 1.165) is 16.6 Å². The zero-order valence-corrected chi connectivity index (χ0v) is 22.6. The number of carbonyl (C=O) groups is 2. The first-order valence-corrected chi connectivity index (χ1v) is 14.3. The minimum Gasteiger partial charge on any atom is -0.484 e. The van der Waals surface area contributed by atoms with E-state index in [1.54, 1.807) is 18.2 Å². The Morgan fingerprint density at radius 2 is 1.50 bits per heavy atom. The number of phosphoric ester groups is 2. The summed E-state index contributed by atoms with van der Waals surface area (Å²) < 4.78 is 37.3. The summed E-state index contributed by atoms with van der Waals surface area (Å²) in [6.07, 6.45) is 0. The zero-order valence-electron chi connectivity index (χ0n) is 19.2. The van der Waals surface area contributed by atoms with Gasteiger partial charge in [0.15, 0.2) is 18.1 Å². The molecule has 0 radical (unpaired) electrons. The standard InChI is InChI=1S/C22H21BrN2O11P2/c23-16-2-1-3-17(11-16)25-22(27)15-5-7-18(8-6-15)34-13-21(26)24-12-14-4-9-19(35-37(28,29)30)20(10-14)36-38(31,32)33/h1-11H,12-13H2,(H,24,26)(H,25,27)(H2,28,29,30)(H2,31,32,33). The molecule has 0 fully saturated rings. The van der Waals surface area contributed by atoms with Gasteiger partial charge in [0.25, 0.3) is 11.8 Å². The van der Waals surface area contributed by atoms with Crippen molar-refractivity contribution in [3.05, 3.63) is 82.3 Å². The largest absolute Gasteiger partial charge is 0.524 e. The maximum atomic E-state index is 12.4. The van der Waals surface area contributed by atoms with Crippen LogP contribution in [0.25, 0.3) is 0 Å². The molecule has 202 valence electrons. The molecular weight excluding hydrogens is 610 g/mol. The third kappa shape index (κ3) is 9.92. The zero-order chi connectivity index (χ0) is 27.9. The molecule has 6 N–H and O–H groups in total. The van der Waals surface area contributed by atoms with Crippen LogP contribution in [0.1, 0.15) is 15.9 Å². The smallest absolute Gasteiger partial charge is 0.484 e. The molecule has 13 nitrogen and oxygen atoms in total. The number of phosphoric acid groups is 2. The van der Waals surface area contributed by atoms with E-state index in [1.807, 2.05) is 6.07 Å². The third-order valence-corrected chi connectivity index (χ3v) is 5.86. The van der Waals surface area contributed by atoms with Gasteiger partial charge in [-0.1, -0.05) is 28.1 Å². The van der Waals surface area contributed by atoms with Crippen molar-refractivity contribution in [2.45, 2.75) is 6.54 Å². The van der Waals surface area contributed by atoms with Gasteiger partial charge in [0, 0.05) is 22.3 Å². The highest BCUT2D eigenvalue weighted by Crippen LogP contribution is 2.47. The predicted molar refractivity (Wildman–Crippen MR) is 138 cm³/mol. The topological polar surface area (TPSA) is 201 Å². The Bertz CT molecular complexity index is 1410. The first-order chi connectivity index (χ1) is 17.8. The van der Waals surface area contributed by atoms with E-state index < -0.39 is 33.1 Å². The molecule has 38 heavy (non-hydrogen) atoms. The van der Waals surface area contributed by atoms with E-state index in [-0.39, 0.29) is 24.6 Å². The molecule has 0 bridgehead atoms. The first-order valence-electron chi connectivity index (χ1n) is 10.5. The van der Waals surface area contributed by atoms with Crippen LogP contribution in [-0.2, 0) is 20.5 Å². The van der Waals surface area contributed by atoms with Crippen molar-refractivity contribution < 1.29 is 52.1 Å². The minimum absolute atomic E-state index is 0.134. The van der Waals surface area contributed by atoms with Gasteiger partial charge in [-0.05, 0) is 60.2 Å². The van der Waals surface area contributed by atoms with Crippen molar-refractivity contribution in [1.82, 2.24) is 5.32 Å². The Kier molecular flexibility index (Phi) is 9.69. The molecule has 0 unspecified atom stereocenters. The monoisotopic (exact) mass is 630 g/mol. The Morgan fingerprint density at radius 1 is 0.842 bits per heavy atom. The molecule has 3 aromatic rings. The molecule has 0 aliphatic carbocycles. The number of hydrogen-bond donors (Lipinski definition) is 6. The second kappa shape index (κ2) is 12.5. The first kappa shape index (κ1) is 29.3. The van der Waals surface area contributed by atoms with Gasteiger partial charge in [0.1, 0.15) is 5.75 Å². The van der Waals surface area contributed by atoms with E-state index in [4.69, 9.17) is 24.3 Å². The lowest BCUT2D eigenvalue weighted by molar-refractivity contribution is -0.123. The van der Waals surface area contributed by atoms with Crippen LogP contribution in [0.15, 0.2) is 71.2 Å². The van der Waals surface area contributed by atoms with E-state index in [0.29, 0.717) is 17.0 Å². The van der Waals surface area contributed by atoms with Crippen molar-refractivity contribution in [1.29, 1.82) is 0 Å². The summed E-state index contributed by atoms with van der Waals surface area (Å²) in [6.45, 7) is -0.514. The maximum Gasteiger partial charge on any atom is 0.524 e. The third-order valence-electron chi connectivity index (χ3n) is 4.50. The van der Waals surface area contributed by atoms with E-state index in [1.165, 1.54) is 30.3 Å². The molecule has 0 aliphatic heterocycles. The Balaban J connectivity index is 1.53. The number of amides is 2. The lowest BCUT2D eigenvalue weighted by Gasteiger charge is -2.15. The van der Waals surface area contributed by atoms with Crippen LogP contribution in [-0.4, -0.2) is 38.0 Å². The Labute approximate surface area is 224 Å². The lowest BCUT2D eigenvalue weighted by Crippen LogP contribution is -2.28. The molecule has 3 rings (SSSR count). The van der Waals surface area contributed by atoms with Crippen LogP contribution < -0.4 is 24.4 Å². The number of benzene rings is 3. The van der Waals surface area contributed by atoms with Crippen molar-refractivity contribution in [3.63, 3.8) is 0 Å². The van der Waals surface area contributed by atoms with Crippen LogP contribution >= 0.6 is 31.6 Å². The summed E-state index contributed by atoms with van der Waals surface area (Å²) in [4.78, 5) is 60.5. The summed E-state index contributed by atoms with van der Waals surface area (Å²) in [7, 11) is -10.1. The molecular formula is C22H21BrN2O11P2. The van der Waals surface area contributed by atoms with Crippen molar-refractivity contribution in [2.24, 2.45) is 0 Å². The number of rotatable bonds is 11. The molecule has 3 aromatic carbocycles. The fourth-order valence-electron chi connectivity index (χ4n) is 2.94. The summed E-state index contributed by atoms with van der Waals surface area (Å²) in [6, 6.07) is 16.6. The fourth-order valence-corrected chi connectivity index (χ4v) is 4.14. The van der Waals surface area contributed by atoms with Gasteiger partial charge in [0.2, 0.25) is 0 Å². The molecule has 16 heteroatoms. The molecule has 0 heterocycles. The number of anilines is 1. The average molecular weight is 631 g/mol. The van der Waals surface area contributed by atoms with Gasteiger partial charge < -0.3 is 24.4 Å². The fraction of sp³-hybridized carbons (Fsp3) is 0.0909. The van der Waals surface area contributed by atoms with Crippen LogP contribution in [0.2, 0.25) is 0 Å². The summed E-state index contributed by atoms with van der Waals surface area (Å²) in [5, 5.41) is 5.27. The molecule has 0 aromatic heterocycles. The molecule has 0 spiro atoms. The summed E-state index contributed by atoms with van der Waals surface area (Å²) in [5.41, 5.74) is 1.27. The summed E-state index contributed by atoms with van der Waals surface area (Å²) >= 11 is 3.33. The van der Waals surface area contributed by atoms with E-state index in [2.05, 4.69) is 35.6 Å². The minimum atomic E-state index is -5.08. The van der Waals surface area contributed by atoms with Gasteiger partial charge in [0.05, 0.1) is 0 Å². The van der Waals surface area contributed by atoms with Gasteiger partial charge in [-0.15, -0.1) is 0 Å². The average Bonchev–Trinajstić information content (AvgIpc) is 2.81. The van der Waals surface area contributed by atoms with E-state index >= 15 is 0 Å². The Morgan fingerprint density at radius 3 is 2.13 bits per heavy atom. The van der Waals surface area contributed by atoms with Crippen molar-refractivity contribution in [2.75, 3.05) is 11.9 Å². The van der Waals surface area contributed by atoms with Gasteiger partial charge in [-0.25, -0.2) is 9.13 Å². The molecule has 0 saturated carbocycles. The number of halogens is 1. The highest BCUT2D eigenvalue weighted by molar-refractivity contribution is 9.10. The maximum absolute atomic E-state index is 12.4. The van der Waals surface area contributed by atoms with Crippen LogP contribution in [0.3, 0.4) is 0 Å². The van der Waals surface area contributed by atoms with Crippen LogP contribution in [0, 0.1) is 0 Å². The van der Waals surface area contributed by atoms with E-state index in [9.17, 15) is 18.7 Å². The van der Waals surface area contributed by atoms with Crippen LogP contribution in [0.5, 0.6) is 17.2 Å². The second-order valence-electron chi connectivity index (χ2n) is 7.50. The summed E-state index contributed by atoms with van der Waals surface area (Å²) in [5.74, 6) is -1.78. The normalized spacial score (nSPS) is 11.4. The number of hydrogen-bond acceptors (Lipinski definition) is 7. The lowest BCUT2D eigenvalue weighted by atomic mass is 10.2. The molecule has 0 saturated heterocycles. The van der Waals surface area contributed by atoms with Crippen molar-refractivity contribution in [3.8, 4) is 17.2 Å². The second-order valence-corrected chi connectivity index (χ2v) is 10.7. The highest BCUT2D eigenvalue weighted by atomic mass is 79.9.